The molecule has 0 aromatic heterocycles. The van der Waals surface area contributed by atoms with Crippen LogP contribution in [0.5, 0.6) is 11.5 Å². The van der Waals surface area contributed by atoms with Gasteiger partial charge in [-0.15, -0.1) is 0 Å². The van der Waals surface area contributed by atoms with Gasteiger partial charge in [0.2, 0.25) is 0 Å². The molecule has 0 aliphatic rings. The molecule has 4 amide bonds. The molecule has 54 heavy (non-hydrogen) atoms. The molecule has 0 atom stereocenters. The highest BCUT2D eigenvalue weighted by Gasteiger charge is 2.19. The Morgan fingerprint density at radius 3 is 1.20 bits per heavy atom. The summed E-state index contributed by atoms with van der Waals surface area (Å²) in [6.07, 6.45) is 0. The lowest BCUT2D eigenvalue weighted by Gasteiger charge is -2.12. The van der Waals surface area contributed by atoms with E-state index in [1.54, 1.807) is 0 Å². The lowest BCUT2D eigenvalue weighted by atomic mass is 10.1. The summed E-state index contributed by atoms with van der Waals surface area (Å²) in [6, 6.07) is 23.1. The van der Waals surface area contributed by atoms with Crippen molar-refractivity contribution in [2.75, 3.05) is 21.3 Å². The molecule has 0 heterocycles. The molecule has 6 aromatic carbocycles. The third-order valence-corrected chi connectivity index (χ3v) is 9.69. The Kier molecular flexibility index (Phi) is 9.76. The second-order valence-electron chi connectivity index (χ2n) is 11.6. The van der Waals surface area contributed by atoms with Gasteiger partial charge in [0.15, 0.2) is 0 Å². The number of carbonyl (C=O) groups is 4. The summed E-state index contributed by atoms with van der Waals surface area (Å²) in [4.78, 5) is 51.0. The van der Waals surface area contributed by atoms with Crippen molar-refractivity contribution in [2.24, 2.45) is 0 Å². The Morgan fingerprint density at radius 1 is 0.444 bits per heavy atom. The van der Waals surface area contributed by atoms with E-state index in [0.717, 1.165) is 24.3 Å². The van der Waals surface area contributed by atoms with Crippen LogP contribution in [0.1, 0.15) is 20.7 Å². The molecule has 8 N–H and O–H groups in total. The molecular formula is C36H26N4O12S2. The van der Waals surface area contributed by atoms with Crippen LogP contribution in [0, 0.1) is 0 Å². The second-order valence-corrected chi connectivity index (χ2v) is 14.5. The fourth-order valence-corrected chi connectivity index (χ4v) is 6.42. The van der Waals surface area contributed by atoms with E-state index in [-0.39, 0.29) is 66.9 Å². The molecule has 274 valence electrons. The number of hydrogen-bond acceptors (Lipinski definition) is 10. The van der Waals surface area contributed by atoms with E-state index in [9.17, 15) is 55.3 Å². The van der Waals surface area contributed by atoms with Gasteiger partial charge in [0.1, 0.15) is 11.5 Å². The van der Waals surface area contributed by atoms with Crippen LogP contribution in [-0.2, 0) is 29.8 Å². The quantitative estimate of drug-likeness (QED) is 0.0579. The molecule has 6 aromatic rings. The molecule has 0 aliphatic carbocycles. The molecule has 18 heteroatoms. The number of benzene rings is 6. The lowest BCUT2D eigenvalue weighted by molar-refractivity contribution is -0.132. The first-order valence-electron chi connectivity index (χ1n) is 15.4. The molecule has 0 radical (unpaired) electrons. The Hall–Kier alpha value is -6.86. The number of anilines is 4. The van der Waals surface area contributed by atoms with E-state index in [1.165, 1.54) is 84.9 Å². The van der Waals surface area contributed by atoms with Gasteiger partial charge in [0, 0.05) is 55.4 Å². The minimum absolute atomic E-state index is 0.0229. The summed E-state index contributed by atoms with van der Waals surface area (Å²) < 4.78 is 65.6. The topological polar surface area (TPSA) is 266 Å². The Bertz CT molecular complexity index is 2600. The Balaban J connectivity index is 1.13. The summed E-state index contributed by atoms with van der Waals surface area (Å²) in [5, 5.41) is 31.0. The van der Waals surface area contributed by atoms with Crippen LogP contribution < -0.4 is 21.3 Å². The van der Waals surface area contributed by atoms with Crippen LogP contribution in [0.15, 0.2) is 119 Å². The zero-order valence-corrected chi connectivity index (χ0v) is 28.9. The second kappa shape index (κ2) is 14.3. The van der Waals surface area contributed by atoms with Crippen LogP contribution >= 0.6 is 0 Å². The van der Waals surface area contributed by atoms with Crippen LogP contribution in [0.3, 0.4) is 0 Å². The smallest absolute Gasteiger partial charge is 0.314 e. The number of phenols is 2. The van der Waals surface area contributed by atoms with E-state index in [0.29, 0.717) is 0 Å². The number of nitrogens with one attached hydrogen (secondary N) is 4. The fourth-order valence-electron chi connectivity index (χ4n) is 5.40. The molecule has 0 fully saturated rings. The van der Waals surface area contributed by atoms with Crippen molar-refractivity contribution in [1.82, 2.24) is 0 Å². The SMILES string of the molecule is O=C(Nc1cccc(C(=O)Nc2ccc(O)c3ccc(S(=O)(=O)O)cc23)c1)C(=O)Nc1cccc(C(=O)Nc2ccc(O)c3ccc(S(=O)(=O)O)cc23)c1. The zero-order chi connectivity index (χ0) is 38.9. The van der Waals surface area contributed by atoms with Gasteiger partial charge in [-0.3, -0.25) is 28.3 Å². The summed E-state index contributed by atoms with van der Waals surface area (Å²) in [5.74, 6) is -4.07. The third-order valence-electron chi connectivity index (χ3n) is 7.99. The highest BCUT2D eigenvalue weighted by atomic mass is 32.2. The van der Waals surface area contributed by atoms with Gasteiger partial charge in [0.05, 0.1) is 9.79 Å². The predicted octanol–water partition coefficient (Wildman–Crippen LogP) is 4.98. The number of carbonyl (C=O) groups excluding carboxylic acids is 4. The van der Waals surface area contributed by atoms with Gasteiger partial charge in [0.25, 0.3) is 32.1 Å². The van der Waals surface area contributed by atoms with Gasteiger partial charge >= 0.3 is 11.8 Å². The van der Waals surface area contributed by atoms with Crippen molar-refractivity contribution in [3.8, 4) is 11.5 Å². The first-order valence-corrected chi connectivity index (χ1v) is 18.3. The predicted molar refractivity (Wildman–Crippen MR) is 197 cm³/mol. The van der Waals surface area contributed by atoms with Crippen LogP contribution in [-0.4, -0.2) is 59.8 Å². The fraction of sp³-hybridized carbons (Fsp3) is 0. The highest BCUT2D eigenvalue weighted by Crippen LogP contribution is 2.34. The number of amides is 4. The van der Waals surface area contributed by atoms with E-state index in [4.69, 9.17) is 0 Å². The van der Waals surface area contributed by atoms with Crippen LogP contribution in [0.25, 0.3) is 21.5 Å². The van der Waals surface area contributed by atoms with Gasteiger partial charge in [-0.2, -0.15) is 16.8 Å². The van der Waals surface area contributed by atoms with Gasteiger partial charge in [-0.25, -0.2) is 0 Å². The minimum atomic E-state index is -4.59. The van der Waals surface area contributed by atoms with Gasteiger partial charge in [-0.05, 0) is 97.1 Å². The summed E-state index contributed by atoms with van der Waals surface area (Å²) in [5.41, 5.74) is 0.359. The molecule has 0 saturated carbocycles. The third kappa shape index (κ3) is 7.96. The molecule has 0 spiro atoms. The number of fused-ring (bicyclic) bond motifs is 2. The molecule has 6 rings (SSSR count). The number of aromatic hydroxyl groups is 2. The number of phenolic OH excluding ortho intramolecular Hbond substituents is 2. The maximum absolute atomic E-state index is 13.2. The van der Waals surface area contributed by atoms with Crippen molar-refractivity contribution in [3.05, 3.63) is 120 Å². The monoisotopic (exact) mass is 770 g/mol. The minimum Gasteiger partial charge on any atom is -0.507 e. The molecule has 0 unspecified atom stereocenters. The molecular weight excluding hydrogens is 745 g/mol. The lowest BCUT2D eigenvalue weighted by Crippen LogP contribution is -2.29. The van der Waals surface area contributed by atoms with Crippen LogP contribution in [0.2, 0.25) is 0 Å². The number of hydrogen-bond donors (Lipinski definition) is 8. The van der Waals surface area contributed by atoms with Crippen LogP contribution in [0.4, 0.5) is 22.7 Å². The normalized spacial score (nSPS) is 11.5. The first kappa shape index (κ1) is 36.9. The maximum atomic E-state index is 13.2. The maximum Gasteiger partial charge on any atom is 0.314 e. The average molecular weight is 771 g/mol. The zero-order valence-electron chi connectivity index (χ0n) is 27.3. The van der Waals surface area contributed by atoms with Gasteiger partial charge < -0.3 is 31.5 Å². The summed E-state index contributed by atoms with van der Waals surface area (Å²) in [6.45, 7) is 0. The molecule has 0 bridgehead atoms. The number of rotatable bonds is 8. The average Bonchev–Trinajstić information content (AvgIpc) is 3.13. The van der Waals surface area contributed by atoms with E-state index in [1.807, 2.05) is 0 Å². The Morgan fingerprint density at radius 2 is 0.833 bits per heavy atom. The van der Waals surface area contributed by atoms with Crippen molar-refractivity contribution >= 4 is 88.2 Å². The molecule has 0 saturated heterocycles. The van der Waals surface area contributed by atoms with Crippen molar-refractivity contribution in [3.63, 3.8) is 0 Å². The van der Waals surface area contributed by atoms with Gasteiger partial charge in [-0.1, -0.05) is 12.1 Å². The first-order chi connectivity index (χ1) is 25.5. The van der Waals surface area contributed by atoms with Crippen molar-refractivity contribution in [1.29, 1.82) is 0 Å². The molecule has 16 nitrogen and oxygen atoms in total. The van der Waals surface area contributed by atoms with Crippen molar-refractivity contribution in [2.45, 2.75) is 9.79 Å². The largest absolute Gasteiger partial charge is 0.507 e. The summed E-state index contributed by atoms with van der Waals surface area (Å²) in [7, 11) is -9.19. The van der Waals surface area contributed by atoms with E-state index >= 15 is 0 Å². The summed E-state index contributed by atoms with van der Waals surface area (Å²) >= 11 is 0. The molecule has 0 aliphatic heterocycles. The standard InChI is InChI=1S/C36H26N4O12S2/c41-31-13-11-29(27-17-23(53(47,48)49)7-9-25(27)31)39-33(43)19-3-1-5-21(15-19)37-35(45)36(46)38-22-6-2-4-20(16-22)34(44)40-30-12-14-32(42)26-10-8-24(18-28(26)30)54(50,51)52/h1-18,41-42H,(H,37,45)(H,38,46)(H,39,43)(H,40,44)(H,47,48,49)(H,50,51,52). The Labute approximate surface area is 305 Å². The van der Waals surface area contributed by atoms with Crippen molar-refractivity contribution < 1.29 is 55.3 Å². The van der Waals surface area contributed by atoms with E-state index < -0.39 is 53.7 Å². The van der Waals surface area contributed by atoms with E-state index in [2.05, 4.69) is 21.3 Å². The highest BCUT2D eigenvalue weighted by molar-refractivity contribution is 7.86.